The second kappa shape index (κ2) is 5.01. The predicted molar refractivity (Wildman–Crippen MR) is 69.6 cm³/mol. The summed E-state index contributed by atoms with van der Waals surface area (Å²) in [6.07, 6.45) is 2.63. The van der Waals surface area contributed by atoms with Gasteiger partial charge in [0.05, 0.1) is 9.98 Å². The van der Waals surface area contributed by atoms with Gasteiger partial charge in [0, 0.05) is 6.20 Å². The monoisotopic (exact) mass is 344 g/mol. The van der Waals surface area contributed by atoms with Crippen molar-refractivity contribution in [2.45, 2.75) is 4.90 Å². The van der Waals surface area contributed by atoms with Crippen LogP contribution in [-0.2, 0) is 10.0 Å². The highest BCUT2D eigenvalue weighted by Crippen LogP contribution is 2.25. The molecule has 0 saturated carbocycles. The van der Waals surface area contributed by atoms with E-state index >= 15 is 0 Å². The van der Waals surface area contributed by atoms with Gasteiger partial charge in [0.25, 0.3) is 10.0 Å². The Morgan fingerprint density at radius 1 is 1.33 bits per heavy atom. The summed E-state index contributed by atoms with van der Waals surface area (Å²) in [4.78, 5) is 7.55. The molecule has 2 aromatic heterocycles. The maximum Gasteiger partial charge on any atom is 0.265 e. The van der Waals surface area contributed by atoms with E-state index in [0.717, 1.165) is 21.3 Å². The number of sulfonamides is 1. The van der Waals surface area contributed by atoms with Crippen LogP contribution < -0.4 is 4.72 Å². The molecule has 0 aliphatic heterocycles. The summed E-state index contributed by atoms with van der Waals surface area (Å²) in [7, 11) is -3.72. The summed E-state index contributed by atoms with van der Waals surface area (Å²) >= 11 is 4.35. The molecule has 0 atom stereocenters. The molecule has 2 rings (SSSR count). The molecule has 18 heavy (non-hydrogen) atoms. The van der Waals surface area contributed by atoms with Gasteiger partial charge in [-0.25, -0.2) is 18.4 Å². The van der Waals surface area contributed by atoms with E-state index in [4.69, 9.17) is 5.26 Å². The van der Waals surface area contributed by atoms with Gasteiger partial charge in [-0.3, -0.25) is 4.72 Å². The minimum absolute atomic E-state index is 0.0205. The number of hydrogen-bond donors (Lipinski definition) is 1. The SMILES string of the molecule is N#Cc1ccc(S(=O)(=O)Nc2ncc(Br)s2)cn1. The maximum absolute atomic E-state index is 11.9. The Morgan fingerprint density at radius 3 is 2.61 bits per heavy atom. The van der Waals surface area contributed by atoms with Crippen molar-refractivity contribution in [1.29, 1.82) is 5.26 Å². The average molecular weight is 345 g/mol. The van der Waals surface area contributed by atoms with Crippen LogP contribution in [0.15, 0.2) is 33.2 Å². The number of halogens is 1. The number of thiazole rings is 1. The summed E-state index contributed by atoms with van der Waals surface area (Å²) in [5, 5.41) is 8.83. The summed E-state index contributed by atoms with van der Waals surface area (Å²) in [5.74, 6) is 0. The minimum Gasteiger partial charge on any atom is -0.255 e. The van der Waals surface area contributed by atoms with Crippen LogP contribution in [0, 0.1) is 11.3 Å². The number of nitrogens with zero attached hydrogens (tertiary/aromatic N) is 3. The molecule has 0 saturated heterocycles. The van der Waals surface area contributed by atoms with Gasteiger partial charge in [0.1, 0.15) is 16.7 Å². The third-order valence-corrected chi connectivity index (χ3v) is 4.71. The van der Waals surface area contributed by atoms with Gasteiger partial charge in [-0.05, 0) is 28.1 Å². The first-order valence-electron chi connectivity index (χ1n) is 4.51. The Morgan fingerprint density at radius 2 is 2.11 bits per heavy atom. The van der Waals surface area contributed by atoms with Gasteiger partial charge in [0.2, 0.25) is 0 Å². The summed E-state index contributed by atoms with van der Waals surface area (Å²) < 4.78 is 26.9. The standard InChI is InChI=1S/C9H5BrN4O2S2/c10-8-5-13-9(17-8)14-18(15,16)7-2-1-6(3-11)12-4-7/h1-2,4-5H,(H,13,14). The summed E-state index contributed by atoms with van der Waals surface area (Å²) in [6, 6.07) is 4.47. The topological polar surface area (TPSA) is 95.7 Å². The zero-order chi connectivity index (χ0) is 13.2. The number of aromatic nitrogens is 2. The van der Waals surface area contributed by atoms with Crippen molar-refractivity contribution in [3.63, 3.8) is 0 Å². The summed E-state index contributed by atoms with van der Waals surface area (Å²) in [5.41, 5.74) is 0.158. The van der Waals surface area contributed by atoms with E-state index in [1.54, 1.807) is 0 Å². The molecular formula is C9H5BrN4O2S2. The number of hydrogen-bond acceptors (Lipinski definition) is 6. The van der Waals surface area contributed by atoms with Crippen LogP contribution in [0.1, 0.15) is 5.69 Å². The van der Waals surface area contributed by atoms with E-state index in [2.05, 4.69) is 30.6 Å². The number of nitrogens with one attached hydrogen (secondary N) is 1. The van der Waals surface area contributed by atoms with Crippen molar-refractivity contribution in [1.82, 2.24) is 9.97 Å². The molecule has 0 radical (unpaired) electrons. The molecule has 92 valence electrons. The largest absolute Gasteiger partial charge is 0.265 e. The van der Waals surface area contributed by atoms with Crippen LogP contribution in [0.2, 0.25) is 0 Å². The van der Waals surface area contributed by atoms with Gasteiger partial charge in [-0.2, -0.15) is 5.26 Å². The van der Waals surface area contributed by atoms with Gasteiger partial charge < -0.3 is 0 Å². The molecule has 0 fully saturated rings. The first-order valence-corrected chi connectivity index (χ1v) is 7.61. The lowest BCUT2D eigenvalue weighted by Gasteiger charge is -2.03. The lowest BCUT2D eigenvalue weighted by atomic mass is 10.4. The maximum atomic E-state index is 11.9. The highest BCUT2D eigenvalue weighted by Gasteiger charge is 2.16. The number of pyridine rings is 1. The molecule has 0 bridgehead atoms. The Labute approximate surface area is 116 Å². The number of nitriles is 1. The molecule has 0 aliphatic rings. The van der Waals surface area contributed by atoms with Crippen molar-refractivity contribution in [2.75, 3.05) is 4.72 Å². The minimum atomic E-state index is -3.72. The number of rotatable bonds is 3. The highest BCUT2D eigenvalue weighted by atomic mass is 79.9. The highest BCUT2D eigenvalue weighted by molar-refractivity contribution is 9.11. The van der Waals surface area contributed by atoms with Crippen LogP contribution in [0.25, 0.3) is 0 Å². The third kappa shape index (κ3) is 2.84. The van der Waals surface area contributed by atoms with E-state index in [1.165, 1.54) is 18.3 Å². The average Bonchev–Trinajstić information content (AvgIpc) is 2.74. The molecule has 9 heteroatoms. The van der Waals surface area contributed by atoms with Crippen LogP contribution in [-0.4, -0.2) is 18.4 Å². The van der Waals surface area contributed by atoms with Crippen LogP contribution in [0.3, 0.4) is 0 Å². The smallest absolute Gasteiger partial charge is 0.255 e. The van der Waals surface area contributed by atoms with Gasteiger partial charge in [-0.1, -0.05) is 11.3 Å². The van der Waals surface area contributed by atoms with Crippen molar-refractivity contribution in [2.24, 2.45) is 0 Å². The lowest BCUT2D eigenvalue weighted by Crippen LogP contribution is -2.13. The zero-order valence-electron chi connectivity index (χ0n) is 8.66. The van der Waals surface area contributed by atoms with E-state index in [1.807, 2.05) is 6.07 Å². The molecule has 6 nitrogen and oxygen atoms in total. The van der Waals surface area contributed by atoms with Crippen LogP contribution >= 0.6 is 27.3 Å². The molecule has 0 amide bonds. The van der Waals surface area contributed by atoms with Gasteiger partial charge in [-0.15, -0.1) is 0 Å². The Kier molecular flexibility index (Phi) is 3.60. The second-order valence-electron chi connectivity index (χ2n) is 3.07. The fourth-order valence-corrected chi connectivity index (χ4v) is 3.37. The van der Waals surface area contributed by atoms with Crippen molar-refractivity contribution in [3.8, 4) is 6.07 Å². The zero-order valence-corrected chi connectivity index (χ0v) is 11.9. The first kappa shape index (κ1) is 12.9. The van der Waals surface area contributed by atoms with Crippen LogP contribution in [0.4, 0.5) is 5.13 Å². The molecule has 1 N–H and O–H groups in total. The Balaban J connectivity index is 2.28. The van der Waals surface area contributed by atoms with E-state index in [9.17, 15) is 8.42 Å². The molecule has 0 aromatic carbocycles. The fourth-order valence-electron chi connectivity index (χ4n) is 1.08. The molecular weight excluding hydrogens is 340 g/mol. The Bertz CT molecular complexity index is 703. The normalized spacial score (nSPS) is 10.9. The number of anilines is 1. The predicted octanol–water partition coefficient (Wildman–Crippen LogP) is 1.97. The molecule has 0 unspecified atom stereocenters. The Hall–Kier alpha value is -1.50. The lowest BCUT2D eigenvalue weighted by molar-refractivity contribution is 0.600. The van der Waals surface area contributed by atoms with Crippen molar-refractivity contribution < 1.29 is 8.42 Å². The first-order chi connectivity index (χ1) is 8.51. The van der Waals surface area contributed by atoms with Crippen LogP contribution in [0.5, 0.6) is 0 Å². The molecule has 2 heterocycles. The van der Waals surface area contributed by atoms with E-state index in [0.29, 0.717) is 0 Å². The van der Waals surface area contributed by atoms with E-state index < -0.39 is 10.0 Å². The van der Waals surface area contributed by atoms with E-state index in [-0.39, 0.29) is 15.7 Å². The van der Waals surface area contributed by atoms with Gasteiger partial charge in [0.15, 0.2) is 5.13 Å². The van der Waals surface area contributed by atoms with Gasteiger partial charge >= 0.3 is 0 Å². The van der Waals surface area contributed by atoms with Crippen molar-refractivity contribution >= 4 is 42.4 Å². The van der Waals surface area contributed by atoms with Crippen molar-refractivity contribution in [3.05, 3.63) is 34.0 Å². The fraction of sp³-hybridized carbons (Fsp3) is 0. The molecule has 0 spiro atoms. The molecule has 2 aromatic rings. The third-order valence-electron chi connectivity index (χ3n) is 1.86. The second-order valence-corrected chi connectivity index (χ2v) is 7.16. The quantitative estimate of drug-likeness (QED) is 0.918. The molecule has 0 aliphatic carbocycles. The summed E-state index contributed by atoms with van der Waals surface area (Å²) in [6.45, 7) is 0.